The minimum atomic E-state index is -0.133. The van der Waals surface area contributed by atoms with E-state index in [1.165, 1.54) is 22.3 Å². The molecule has 0 aliphatic rings. The van der Waals surface area contributed by atoms with Gasteiger partial charge in [0.1, 0.15) is 0 Å². The predicted octanol–water partition coefficient (Wildman–Crippen LogP) is 2.26. The van der Waals surface area contributed by atoms with E-state index >= 15 is 0 Å². The van der Waals surface area contributed by atoms with Crippen LogP contribution in [0.1, 0.15) is 35.6 Å². The van der Waals surface area contributed by atoms with Gasteiger partial charge in [-0.15, -0.1) is 0 Å². The fourth-order valence-electron chi connectivity index (χ4n) is 2.45. The summed E-state index contributed by atoms with van der Waals surface area (Å²) in [6.45, 7) is 9.47. The van der Waals surface area contributed by atoms with Crippen molar-refractivity contribution in [1.82, 2.24) is 5.32 Å². The van der Waals surface area contributed by atoms with Gasteiger partial charge in [-0.2, -0.15) is 0 Å². The summed E-state index contributed by atoms with van der Waals surface area (Å²) in [6, 6.07) is 4.33. The Balaban J connectivity index is 2.84. The van der Waals surface area contributed by atoms with Gasteiger partial charge in [0.25, 0.3) is 0 Å². The molecule has 1 aromatic carbocycles. The first kappa shape index (κ1) is 15.7. The van der Waals surface area contributed by atoms with Crippen LogP contribution in [0.2, 0.25) is 0 Å². The Labute approximate surface area is 116 Å². The Morgan fingerprint density at radius 3 is 2.32 bits per heavy atom. The summed E-state index contributed by atoms with van der Waals surface area (Å²) in [5, 5.41) is 2.93. The van der Waals surface area contributed by atoms with Crippen molar-refractivity contribution in [3.05, 3.63) is 34.4 Å². The van der Waals surface area contributed by atoms with E-state index in [4.69, 9.17) is 5.73 Å². The SMILES string of the molecule is CCCNC(=O)C(CN)Cc1c(C)cc(C)cc1C. The maximum Gasteiger partial charge on any atom is 0.224 e. The summed E-state index contributed by atoms with van der Waals surface area (Å²) in [5.41, 5.74) is 10.8. The van der Waals surface area contributed by atoms with Crippen molar-refractivity contribution in [2.24, 2.45) is 11.7 Å². The number of aryl methyl sites for hydroxylation is 3. The lowest BCUT2D eigenvalue weighted by molar-refractivity contribution is -0.124. The number of carbonyl (C=O) groups excluding carboxylic acids is 1. The van der Waals surface area contributed by atoms with Gasteiger partial charge in [-0.3, -0.25) is 4.79 Å². The molecule has 3 N–H and O–H groups in total. The lowest BCUT2D eigenvalue weighted by Gasteiger charge is -2.18. The summed E-state index contributed by atoms with van der Waals surface area (Å²) in [5.74, 6) is -0.0598. The van der Waals surface area contributed by atoms with E-state index in [2.05, 4.69) is 38.2 Å². The van der Waals surface area contributed by atoms with Gasteiger partial charge >= 0.3 is 0 Å². The third-order valence-corrected chi connectivity index (χ3v) is 3.50. The van der Waals surface area contributed by atoms with Crippen molar-refractivity contribution in [3.8, 4) is 0 Å². The van der Waals surface area contributed by atoms with Gasteiger partial charge < -0.3 is 11.1 Å². The van der Waals surface area contributed by atoms with Gasteiger partial charge in [0.15, 0.2) is 0 Å². The highest BCUT2D eigenvalue weighted by atomic mass is 16.1. The number of amides is 1. The van der Waals surface area contributed by atoms with Gasteiger partial charge in [-0.05, 0) is 50.3 Å². The largest absolute Gasteiger partial charge is 0.356 e. The third kappa shape index (κ3) is 4.35. The number of rotatable bonds is 6. The summed E-state index contributed by atoms with van der Waals surface area (Å²) < 4.78 is 0. The minimum Gasteiger partial charge on any atom is -0.356 e. The highest BCUT2D eigenvalue weighted by molar-refractivity contribution is 5.79. The molecule has 1 rings (SSSR count). The second kappa shape index (κ2) is 7.29. The number of benzene rings is 1. The zero-order chi connectivity index (χ0) is 14.4. The van der Waals surface area contributed by atoms with Crippen molar-refractivity contribution in [3.63, 3.8) is 0 Å². The van der Waals surface area contributed by atoms with Gasteiger partial charge in [0.05, 0.1) is 5.92 Å². The Kier molecular flexibility index (Phi) is 6.03. The van der Waals surface area contributed by atoms with Crippen LogP contribution in [0.25, 0.3) is 0 Å². The zero-order valence-electron chi connectivity index (χ0n) is 12.5. The van der Waals surface area contributed by atoms with E-state index in [1.807, 2.05) is 6.92 Å². The average molecular weight is 262 g/mol. The maximum atomic E-state index is 12.0. The lowest BCUT2D eigenvalue weighted by Crippen LogP contribution is -2.36. The van der Waals surface area contributed by atoms with E-state index < -0.39 is 0 Å². The average Bonchev–Trinajstić information content (AvgIpc) is 2.35. The summed E-state index contributed by atoms with van der Waals surface area (Å²) in [6.07, 6.45) is 1.68. The van der Waals surface area contributed by atoms with Gasteiger partial charge in [-0.25, -0.2) is 0 Å². The molecule has 106 valence electrons. The molecule has 0 bridgehead atoms. The van der Waals surface area contributed by atoms with Crippen molar-refractivity contribution >= 4 is 5.91 Å². The fourth-order valence-corrected chi connectivity index (χ4v) is 2.45. The molecule has 1 amide bonds. The van der Waals surface area contributed by atoms with Gasteiger partial charge in [0, 0.05) is 13.1 Å². The highest BCUT2D eigenvalue weighted by Gasteiger charge is 2.18. The van der Waals surface area contributed by atoms with Crippen molar-refractivity contribution in [2.75, 3.05) is 13.1 Å². The third-order valence-electron chi connectivity index (χ3n) is 3.50. The van der Waals surface area contributed by atoms with E-state index in [0.29, 0.717) is 6.54 Å². The molecular formula is C16H26N2O. The molecule has 0 aromatic heterocycles. The molecule has 0 saturated heterocycles. The first-order valence-electron chi connectivity index (χ1n) is 7.04. The molecule has 0 heterocycles. The lowest BCUT2D eigenvalue weighted by atomic mass is 9.91. The van der Waals surface area contributed by atoms with E-state index in [9.17, 15) is 4.79 Å². The smallest absolute Gasteiger partial charge is 0.224 e. The van der Waals surface area contributed by atoms with Crippen LogP contribution in [-0.2, 0) is 11.2 Å². The number of carbonyl (C=O) groups is 1. The van der Waals surface area contributed by atoms with Crippen LogP contribution in [0, 0.1) is 26.7 Å². The molecule has 1 atom stereocenters. The van der Waals surface area contributed by atoms with Crippen LogP contribution < -0.4 is 11.1 Å². The first-order valence-corrected chi connectivity index (χ1v) is 7.04. The normalized spacial score (nSPS) is 12.3. The Bertz CT molecular complexity index is 417. The van der Waals surface area contributed by atoms with E-state index in [-0.39, 0.29) is 11.8 Å². The molecule has 0 radical (unpaired) electrons. The topological polar surface area (TPSA) is 55.1 Å². The number of hydrogen-bond donors (Lipinski definition) is 2. The molecule has 3 nitrogen and oxygen atoms in total. The molecule has 0 aliphatic heterocycles. The van der Waals surface area contributed by atoms with Crippen LogP contribution in [0.5, 0.6) is 0 Å². The highest BCUT2D eigenvalue weighted by Crippen LogP contribution is 2.20. The van der Waals surface area contributed by atoms with Crippen molar-refractivity contribution in [1.29, 1.82) is 0 Å². The first-order chi connectivity index (χ1) is 8.99. The Hall–Kier alpha value is -1.35. The summed E-state index contributed by atoms with van der Waals surface area (Å²) >= 11 is 0. The van der Waals surface area contributed by atoms with Crippen molar-refractivity contribution < 1.29 is 4.79 Å². The number of nitrogens with two attached hydrogens (primary N) is 1. The van der Waals surface area contributed by atoms with E-state index in [1.54, 1.807) is 0 Å². The second-order valence-corrected chi connectivity index (χ2v) is 5.31. The molecule has 0 saturated carbocycles. The zero-order valence-corrected chi connectivity index (χ0v) is 12.5. The molecule has 1 aromatic rings. The molecule has 0 spiro atoms. The number of nitrogens with one attached hydrogen (secondary N) is 1. The monoisotopic (exact) mass is 262 g/mol. The molecule has 1 unspecified atom stereocenters. The van der Waals surface area contributed by atoms with Gasteiger partial charge in [-0.1, -0.05) is 24.6 Å². The van der Waals surface area contributed by atoms with Crippen LogP contribution in [0.4, 0.5) is 0 Å². The fraction of sp³-hybridized carbons (Fsp3) is 0.562. The van der Waals surface area contributed by atoms with Crippen LogP contribution in [0.3, 0.4) is 0 Å². The standard InChI is InChI=1S/C16H26N2O/c1-5-6-18-16(19)14(10-17)9-15-12(3)7-11(2)8-13(15)4/h7-8,14H,5-6,9-10,17H2,1-4H3,(H,18,19). The summed E-state index contributed by atoms with van der Waals surface area (Å²) in [7, 11) is 0. The van der Waals surface area contributed by atoms with Crippen LogP contribution in [0.15, 0.2) is 12.1 Å². The molecule has 19 heavy (non-hydrogen) atoms. The predicted molar refractivity (Wildman–Crippen MR) is 80.2 cm³/mol. The quantitative estimate of drug-likeness (QED) is 0.826. The van der Waals surface area contributed by atoms with Crippen LogP contribution >= 0.6 is 0 Å². The molecule has 3 heteroatoms. The minimum absolute atomic E-state index is 0.0729. The Morgan fingerprint density at radius 1 is 1.26 bits per heavy atom. The van der Waals surface area contributed by atoms with Gasteiger partial charge in [0.2, 0.25) is 5.91 Å². The molecule has 0 fully saturated rings. The summed E-state index contributed by atoms with van der Waals surface area (Å²) in [4.78, 5) is 12.0. The maximum absolute atomic E-state index is 12.0. The van der Waals surface area contributed by atoms with Crippen LogP contribution in [-0.4, -0.2) is 19.0 Å². The number of hydrogen-bond acceptors (Lipinski definition) is 2. The molecule has 0 aliphatic carbocycles. The van der Waals surface area contributed by atoms with E-state index in [0.717, 1.165) is 19.4 Å². The molecular weight excluding hydrogens is 236 g/mol. The second-order valence-electron chi connectivity index (χ2n) is 5.31. The van der Waals surface area contributed by atoms with Crippen molar-refractivity contribution in [2.45, 2.75) is 40.5 Å². The Morgan fingerprint density at radius 2 is 1.84 bits per heavy atom.